The lowest BCUT2D eigenvalue weighted by Gasteiger charge is -2.35. The molecule has 1 aromatic carbocycles. The second-order valence-electron chi connectivity index (χ2n) is 6.13. The summed E-state index contributed by atoms with van der Waals surface area (Å²) in [6, 6.07) is 3.81. The first-order chi connectivity index (χ1) is 9.13. The highest BCUT2D eigenvalue weighted by atomic mass is 32.2. The van der Waals surface area contributed by atoms with Crippen molar-refractivity contribution >= 4 is 10.0 Å². The molecule has 0 amide bonds. The molecule has 1 aliphatic heterocycles. The van der Waals surface area contributed by atoms with Crippen LogP contribution in [0, 0.1) is 20.8 Å². The van der Waals surface area contributed by atoms with Gasteiger partial charge in [0, 0.05) is 13.1 Å². The minimum atomic E-state index is -3.47. The molecule has 112 valence electrons. The molecular weight excluding hydrogens is 274 g/mol. The molecule has 0 unspecified atom stereocenters. The molecule has 1 saturated heterocycles. The molecule has 0 atom stereocenters. The number of piperidine rings is 1. The zero-order valence-electron chi connectivity index (χ0n) is 12.6. The third-order valence-electron chi connectivity index (χ3n) is 4.00. The summed E-state index contributed by atoms with van der Waals surface area (Å²) in [5.41, 5.74) is 1.91. The van der Waals surface area contributed by atoms with Gasteiger partial charge in [0.05, 0.1) is 10.5 Å². The number of hydrogen-bond donors (Lipinski definition) is 1. The van der Waals surface area contributed by atoms with Gasteiger partial charge in [-0.25, -0.2) is 8.42 Å². The Bertz CT molecular complexity index is 587. The smallest absolute Gasteiger partial charge is 0.243 e. The van der Waals surface area contributed by atoms with Gasteiger partial charge in [0.25, 0.3) is 0 Å². The van der Waals surface area contributed by atoms with Crippen LogP contribution in [0.5, 0.6) is 0 Å². The van der Waals surface area contributed by atoms with Gasteiger partial charge in [0.15, 0.2) is 0 Å². The molecule has 0 saturated carbocycles. The molecule has 0 spiro atoms. The Kier molecular flexibility index (Phi) is 3.97. The molecule has 1 aliphatic rings. The quantitative estimate of drug-likeness (QED) is 0.910. The highest BCUT2D eigenvalue weighted by Gasteiger charge is 2.35. The maximum absolute atomic E-state index is 12.8. The van der Waals surface area contributed by atoms with Crippen LogP contribution < -0.4 is 0 Å². The van der Waals surface area contributed by atoms with Crippen LogP contribution in [0.15, 0.2) is 17.0 Å². The highest BCUT2D eigenvalue weighted by Crippen LogP contribution is 2.29. The minimum Gasteiger partial charge on any atom is -0.390 e. The first-order valence-electron chi connectivity index (χ1n) is 6.94. The summed E-state index contributed by atoms with van der Waals surface area (Å²) in [6.45, 7) is 8.16. The van der Waals surface area contributed by atoms with Gasteiger partial charge in [-0.15, -0.1) is 0 Å². The van der Waals surface area contributed by atoms with Gasteiger partial charge in [-0.1, -0.05) is 17.7 Å². The molecule has 0 aliphatic carbocycles. The van der Waals surface area contributed by atoms with Crippen LogP contribution in [0.2, 0.25) is 0 Å². The number of aliphatic hydroxyl groups is 1. The second-order valence-corrected chi connectivity index (χ2v) is 8.00. The Morgan fingerprint density at radius 3 is 2.00 bits per heavy atom. The van der Waals surface area contributed by atoms with Gasteiger partial charge in [-0.05, 0) is 51.7 Å². The monoisotopic (exact) mass is 297 g/mol. The molecule has 1 N–H and O–H groups in total. The number of sulfonamides is 1. The number of aryl methyl sites for hydroxylation is 3. The predicted octanol–water partition coefficient (Wildman–Crippen LogP) is 2.15. The van der Waals surface area contributed by atoms with Crippen molar-refractivity contribution in [2.45, 2.75) is 51.0 Å². The van der Waals surface area contributed by atoms with Crippen LogP contribution >= 0.6 is 0 Å². The molecule has 1 aromatic rings. The number of benzene rings is 1. The normalized spacial score (nSPS) is 20.1. The summed E-state index contributed by atoms with van der Waals surface area (Å²) in [4.78, 5) is 0.421. The number of nitrogens with zero attached hydrogens (tertiary/aromatic N) is 1. The minimum absolute atomic E-state index is 0.377. The average molecular weight is 297 g/mol. The molecule has 1 fully saturated rings. The van der Waals surface area contributed by atoms with Crippen molar-refractivity contribution in [2.24, 2.45) is 0 Å². The standard InChI is InChI=1S/C15H23NO3S/c1-11-9-12(2)14(13(3)10-11)20(18,19)16-7-5-15(4,17)6-8-16/h9-10,17H,5-8H2,1-4H3. The molecule has 0 radical (unpaired) electrons. The van der Waals surface area contributed by atoms with E-state index in [-0.39, 0.29) is 0 Å². The third-order valence-corrected chi connectivity index (χ3v) is 6.21. The number of hydrogen-bond acceptors (Lipinski definition) is 3. The maximum atomic E-state index is 12.8. The van der Waals surface area contributed by atoms with E-state index in [9.17, 15) is 13.5 Å². The first kappa shape index (κ1) is 15.5. The van der Waals surface area contributed by atoms with Crippen LogP contribution in [0.25, 0.3) is 0 Å². The summed E-state index contributed by atoms with van der Waals surface area (Å²) >= 11 is 0. The predicted molar refractivity (Wildman–Crippen MR) is 79.3 cm³/mol. The summed E-state index contributed by atoms with van der Waals surface area (Å²) in [7, 11) is -3.47. The molecule has 2 rings (SSSR count). The van der Waals surface area contributed by atoms with Crippen LogP contribution in [0.1, 0.15) is 36.5 Å². The van der Waals surface area contributed by atoms with E-state index < -0.39 is 15.6 Å². The van der Waals surface area contributed by atoms with E-state index in [1.807, 2.05) is 32.9 Å². The fourth-order valence-electron chi connectivity index (χ4n) is 2.91. The molecule has 4 nitrogen and oxygen atoms in total. The molecule has 5 heteroatoms. The Balaban J connectivity index is 2.37. The highest BCUT2D eigenvalue weighted by molar-refractivity contribution is 7.89. The fourth-order valence-corrected chi connectivity index (χ4v) is 4.76. The summed E-state index contributed by atoms with van der Waals surface area (Å²) in [6.07, 6.45) is 0.965. The molecule has 1 heterocycles. The van der Waals surface area contributed by atoms with E-state index in [0.717, 1.165) is 16.7 Å². The zero-order chi connectivity index (χ0) is 15.1. The summed E-state index contributed by atoms with van der Waals surface area (Å²) in [5, 5.41) is 9.95. The Hall–Kier alpha value is -0.910. The van der Waals surface area contributed by atoms with Gasteiger partial charge in [0.2, 0.25) is 10.0 Å². The third kappa shape index (κ3) is 2.90. The van der Waals surface area contributed by atoms with Crippen LogP contribution in [0.4, 0.5) is 0 Å². The van der Waals surface area contributed by atoms with E-state index in [1.54, 1.807) is 6.92 Å². The average Bonchev–Trinajstić information content (AvgIpc) is 2.26. The number of rotatable bonds is 2. The van der Waals surface area contributed by atoms with Gasteiger partial charge >= 0.3 is 0 Å². The van der Waals surface area contributed by atoms with Gasteiger partial charge in [0.1, 0.15) is 0 Å². The van der Waals surface area contributed by atoms with Crippen molar-refractivity contribution in [3.8, 4) is 0 Å². The first-order valence-corrected chi connectivity index (χ1v) is 8.38. The van der Waals surface area contributed by atoms with Crippen LogP contribution in [-0.4, -0.2) is 36.5 Å². The van der Waals surface area contributed by atoms with Crippen molar-refractivity contribution in [1.82, 2.24) is 4.31 Å². The van der Waals surface area contributed by atoms with Crippen molar-refractivity contribution in [2.75, 3.05) is 13.1 Å². The van der Waals surface area contributed by atoms with E-state index >= 15 is 0 Å². The molecule has 0 aromatic heterocycles. The van der Waals surface area contributed by atoms with E-state index in [1.165, 1.54) is 4.31 Å². The largest absolute Gasteiger partial charge is 0.390 e. The van der Waals surface area contributed by atoms with E-state index in [0.29, 0.717) is 30.8 Å². The Morgan fingerprint density at radius 1 is 1.10 bits per heavy atom. The Morgan fingerprint density at radius 2 is 1.55 bits per heavy atom. The van der Waals surface area contributed by atoms with Crippen molar-refractivity contribution in [3.05, 3.63) is 28.8 Å². The lowest BCUT2D eigenvalue weighted by molar-refractivity contribution is 0.0126. The SMILES string of the molecule is Cc1cc(C)c(S(=O)(=O)N2CCC(C)(O)CC2)c(C)c1. The van der Waals surface area contributed by atoms with Crippen LogP contribution in [0.3, 0.4) is 0 Å². The Labute approximate surface area is 121 Å². The van der Waals surface area contributed by atoms with Crippen molar-refractivity contribution < 1.29 is 13.5 Å². The second kappa shape index (κ2) is 5.13. The van der Waals surface area contributed by atoms with Gasteiger partial charge in [-0.2, -0.15) is 4.31 Å². The van der Waals surface area contributed by atoms with Crippen molar-refractivity contribution in [3.63, 3.8) is 0 Å². The van der Waals surface area contributed by atoms with Gasteiger partial charge in [-0.3, -0.25) is 0 Å². The molecule has 20 heavy (non-hydrogen) atoms. The fraction of sp³-hybridized carbons (Fsp3) is 0.600. The topological polar surface area (TPSA) is 57.6 Å². The lowest BCUT2D eigenvalue weighted by atomic mass is 9.95. The zero-order valence-corrected chi connectivity index (χ0v) is 13.4. The van der Waals surface area contributed by atoms with E-state index in [4.69, 9.17) is 0 Å². The lowest BCUT2D eigenvalue weighted by Crippen LogP contribution is -2.45. The van der Waals surface area contributed by atoms with Crippen molar-refractivity contribution in [1.29, 1.82) is 0 Å². The molecular formula is C15H23NO3S. The molecule has 0 bridgehead atoms. The van der Waals surface area contributed by atoms with Gasteiger partial charge < -0.3 is 5.11 Å². The summed E-state index contributed by atoms with van der Waals surface area (Å²) in [5.74, 6) is 0. The summed E-state index contributed by atoms with van der Waals surface area (Å²) < 4.78 is 27.1. The van der Waals surface area contributed by atoms with E-state index in [2.05, 4.69) is 0 Å². The maximum Gasteiger partial charge on any atom is 0.243 e. The van der Waals surface area contributed by atoms with Crippen LogP contribution in [-0.2, 0) is 10.0 Å².